The number of phenolic OH excluding ortho intramolecular Hbond substituents is 1. The average molecular weight is 345 g/mol. The molecule has 0 aromatic heterocycles. The molecule has 0 saturated carbocycles. The van der Waals surface area contributed by atoms with Crippen molar-refractivity contribution in [2.75, 3.05) is 18.4 Å². The van der Waals surface area contributed by atoms with Gasteiger partial charge < -0.3 is 10.4 Å². The van der Waals surface area contributed by atoms with E-state index in [1.54, 1.807) is 6.07 Å². The van der Waals surface area contributed by atoms with Crippen LogP contribution in [0.15, 0.2) is 41.1 Å². The Bertz CT molecular complexity index is 801. The molecular weight excluding hydrogens is 324 g/mol. The molecule has 4 nitrogen and oxygen atoms in total. The quantitative estimate of drug-likeness (QED) is 0.467. The number of nitrogens with zero attached hydrogens (tertiary/aromatic N) is 1. The largest absolute Gasteiger partial charge is 0.506 e. The zero-order valence-electron chi connectivity index (χ0n) is 13.6. The lowest BCUT2D eigenvalue weighted by Crippen LogP contribution is -2.52. The fourth-order valence-electron chi connectivity index (χ4n) is 5.50. The number of phenols is 1. The predicted octanol–water partition coefficient (Wildman–Crippen LogP) is 2.98. The Morgan fingerprint density at radius 3 is 3.00 bits per heavy atom. The summed E-state index contributed by atoms with van der Waals surface area (Å²) in [6.07, 6.45) is 5.24. The molecule has 24 heavy (non-hydrogen) atoms. The first-order valence-electron chi connectivity index (χ1n) is 8.39. The van der Waals surface area contributed by atoms with Crippen LogP contribution in [-0.2, 0) is 10.2 Å². The fraction of sp³-hybridized carbons (Fsp3) is 0.421. The van der Waals surface area contributed by atoms with Crippen molar-refractivity contribution in [1.82, 2.24) is 4.90 Å². The number of aldehydes is 1. The molecule has 5 rings (SSSR count). The second kappa shape index (κ2) is 5.11. The molecule has 2 fully saturated rings. The number of piperidine rings is 1. The van der Waals surface area contributed by atoms with E-state index in [9.17, 15) is 9.90 Å². The Kier molecular flexibility index (Phi) is 3.35. The van der Waals surface area contributed by atoms with Crippen molar-refractivity contribution in [2.24, 2.45) is 5.92 Å². The van der Waals surface area contributed by atoms with Crippen molar-refractivity contribution in [1.29, 1.82) is 0 Å². The number of carbonyl (C=O) groups is 1. The number of halogens is 1. The highest BCUT2D eigenvalue weighted by molar-refractivity contribution is 5.86. The van der Waals surface area contributed by atoms with Crippen molar-refractivity contribution in [3.8, 4) is 5.75 Å². The molecule has 0 radical (unpaired) electrons. The Hall–Kier alpha value is -1.78. The molecule has 5 heteroatoms. The van der Waals surface area contributed by atoms with Crippen LogP contribution in [-0.4, -0.2) is 35.4 Å². The molecule has 2 bridgehead atoms. The number of rotatable bonds is 1. The van der Waals surface area contributed by atoms with E-state index >= 15 is 0 Å². The maximum Gasteiger partial charge on any atom is 0.148 e. The molecule has 126 valence electrons. The van der Waals surface area contributed by atoms with Crippen LogP contribution in [0.25, 0.3) is 0 Å². The fourth-order valence-corrected chi connectivity index (χ4v) is 5.50. The number of hydrogen-bond donors (Lipinski definition) is 2. The number of anilines is 1. The zero-order valence-corrected chi connectivity index (χ0v) is 14.4. The van der Waals surface area contributed by atoms with Crippen LogP contribution in [0.3, 0.4) is 0 Å². The van der Waals surface area contributed by atoms with E-state index in [-0.39, 0.29) is 29.5 Å². The zero-order chi connectivity index (χ0) is 15.8. The van der Waals surface area contributed by atoms with Gasteiger partial charge in [0, 0.05) is 36.3 Å². The van der Waals surface area contributed by atoms with Gasteiger partial charge in [0.15, 0.2) is 0 Å². The molecule has 0 amide bonds. The van der Waals surface area contributed by atoms with Gasteiger partial charge in [-0.05, 0) is 31.4 Å². The topological polar surface area (TPSA) is 52.6 Å². The van der Waals surface area contributed by atoms with Gasteiger partial charge in [-0.2, -0.15) is 0 Å². The van der Waals surface area contributed by atoms with Gasteiger partial charge in [-0.1, -0.05) is 23.8 Å². The second-order valence-electron chi connectivity index (χ2n) is 7.13. The molecule has 3 heterocycles. The third-order valence-electron chi connectivity index (χ3n) is 6.48. The van der Waals surface area contributed by atoms with Crippen molar-refractivity contribution >= 4 is 24.4 Å². The first kappa shape index (κ1) is 15.7. The summed E-state index contributed by atoms with van der Waals surface area (Å²) in [5, 5.41) is 13.7. The van der Waals surface area contributed by atoms with Crippen LogP contribution in [0.2, 0.25) is 0 Å². The van der Waals surface area contributed by atoms with Gasteiger partial charge >= 0.3 is 0 Å². The van der Waals surface area contributed by atoms with Crippen LogP contribution in [0.1, 0.15) is 25.3 Å². The number of carbonyl (C=O) groups excluding carboxylic acids is 1. The summed E-state index contributed by atoms with van der Waals surface area (Å²) in [6.45, 7) is 4.08. The lowest BCUT2D eigenvalue weighted by molar-refractivity contribution is -0.105. The van der Waals surface area contributed by atoms with E-state index in [1.165, 1.54) is 11.1 Å². The average Bonchev–Trinajstić information content (AvgIpc) is 3.12. The van der Waals surface area contributed by atoms with Crippen molar-refractivity contribution in [2.45, 2.75) is 31.2 Å². The SMILES string of the molecule is C/C=C1\CN2CCC34C(=C(C=O)C1CC23)Nc1c(O)cccc14.Cl. The van der Waals surface area contributed by atoms with Crippen molar-refractivity contribution in [3.05, 3.63) is 46.7 Å². The summed E-state index contributed by atoms with van der Waals surface area (Å²) >= 11 is 0. The number of benzene rings is 1. The first-order valence-corrected chi connectivity index (χ1v) is 8.39. The first-order chi connectivity index (χ1) is 11.2. The van der Waals surface area contributed by atoms with Gasteiger partial charge in [0.05, 0.1) is 11.1 Å². The lowest BCUT2D eigenvalue weighted by Gasteiger charge is -2.48. The van der Waals surface area contributed by atoms with Crippen LogP contribution >= 0.6 is 12.4 Å². The van der Waals surface area contributed by atoms with E-state index in [0.717, 1.165) is 49.2 Å². The van der Waals surface area contributed by atoms with Crippen LogP contribution < -0.4 is 5.32 Å². The minimum Gasteiger partial charge on any atom is -0.506 e. The summed E-state index contributed by atoms with van der Waals surface area (Å²) in [5.41, 5.74) is 5.13. The minimum atomic E-state index is -0.139. The van der Waals surface area contributed by atoms with Crippen molar-refractivity contribution < 1.29 is 9.90 Å². The van der Waals surface area contributed by atoms with E-state index in [4.69, 9.17) is 0 Å². The van der Waals surface area contributed by atoms with E-state index in [0.29, 0.717) is 6.04 Å². The Labute approximate surface area is 147 Å². The van der Waals surface area contributed by atoms with E-state index in [1.807, 2.05) is 6.07 Å². The van der Waals surface area contributed by atoms with E-state index in [2.05, 4.69) is 29.3 Å². The molecule has 3 atom stereocenters. The molecule has 3 aliphatic heterocycles. The maximum atomic E-state index is 12.0. The molecule has 1 aromatic rings. The van der Waals surface area contributed by atoms with Gasteiger partial charge in [-0.25, -0.2) is 0 Å². The Balaban J connectivity index is 0.00000146. The number of hydrogen-bond acceptors (Lipinski definition) is 4. The Morgan fingerprint density at radius 1 is 1.42 bits per heavy atom. The molecule has 3 unspecified atom stereocenters. The monoisotopic (exact) mass is 344 g/mol. The highest BCUT2D eigenvalue weighted by Crippen LogP contribution is 2.61. The summed E-state index contributed by atoms with van der Waals surface area (Å²) in [7, 11) is 0. The summed E-state index contributed by atoms with van der Waals surface area (Å²) in [5.74, 6) is 0.507. The van der Waals surface area contributed by atoms with Crippen LogP contribution in [0.5, 0.6) is 5.75 Å². The van der Waals surface area contributed by atoms with Crippen LogP contribution in [0.4, 0.5) is 5.69 Å². The van der Waals surface area contributed by atoms with Crippen LogP contribution in [0, 0.1) is 5.92 Å². The molecular formula is C19H21ClN2O2. The molecule has 2 saturated heterocycles. The maximum absolute atomic E-state index is 12.0. The third kappa shape index (κ3) is 1.60. The second-order valence-corrected chi connectivity index (χ2v) is 7.13. The summed E-state index contributed by atoms with van der Waals surface area (Å²) < 4.78 is 0. The van der Waals surface area contributed by atoms with Gasteiger partial charge in [-0.3, -0.25) is 9.69 Å². The highest BCUT2D eigenvalue weighted by atomic mass is 35.5. The van der Waals surface area contributed by atoms with Gasteiger partial charge in [0.2, 0.25) is 0 Å². The lowest BCUT2D eigenvalue weighted by atomic mass is 9.62. The summed E-state index contributed by atoms with van der Waals surface area (Å²) in [4.78, 5) is 14.5. The smallest absolute Gasteiger partial charge is 0.148 e. The molecule has 2 N–H and O–H groups in total. The van der Waals surface area contributed by atoms with Gasteiger partial charge in [-0.15, -0.1) is 12.4 Å². The summed E-state index contributed by atoms with van der Waals surface area (Å²) in [6, 6.07) is 6.18. The minimum absolute atomic E-state index is 0. The number of para-hydroxylation sites is 1. The van der Waals surface area contributed by atoms with Gasteiger partial charge in [0.1, 0.15) is 12.0 Å². The van der Waals surface area contributed by atoms with Gasteiger partial charge in [0.25, 0.3) is 0 Å². The standard InChI is InChI=1S/C19H20N2O2.ClH/c1-2-11-9-21-7-6-19-14-4-3-5-15(23)17(14)20-18(19)13(10-22)12(11)8-16(19)21;/h2-5,10,12,16,20,23H,6-9H2,1H3;1H/b11-2+;. The highest BCUT2D eigenvalue weighted by Gasteiger charge is 2.61. The number of allylic oxidation sites excluding steroid dienone is 2. The number of nitrogens with one attached hydrogen (secondary N) is 1. The molecule has 4 aliphatic rings. The molecule has 1 aliphatic carbocycles. The van der Waals surface area contributed by atoms with E-state index < -0.39 is 0 Å². The number of aromatic hydroxyl groups is 1. The number of fused-ring (bicyclic) bond motifs is 2. The van der Waals surface area contributed by atoms with Crippen molar-refractivity contribution in [3.63, 3.8) is 0 Å². The molecule has 1 spiro atoms. The normalized spacial score (nSPS) is 34.5. The Morgan fingerprint density at radius 2 is 2.25 bits per heavy atom. The third-order valence-corrected chi connectivity index (χ3v) is 6.48. The molecule has 1 aromatic carbocycles. The predicted molar refractivity (Wildman–Crippen MR) is 95.6 cm³/mol.